The number of hydrogen-bond acceptors (Lipinski definition) is 4. The average Bonchev–Trinajstić information content (AvgIpc) is 3.21. The van der Waals surface area contributed by atoms with Gasteiger partial charge in [-0.1, -0.05) is 170 Å². The maximum Gasteiger partial charge on any atom is 0.230 e. The maximum atomic E-state index is 14.5. The molecule has 0 aliphatic rings. The van der Waals surface area contributed by atoms with Crippen LogP contribution in [-0.4, -0.2) is 20.7 Å². The normalized spacial score (nSPS) is 10.9. The Morgan fingerprint density at radius 2 is 0.600 bits per heavy atom. The summed E-state index contributed by atoms with van der Waals surface area (Å²) in [5, 5.41) is 0. The highest BCUT2D eigenvalue weighted by Crippen LogP contribution is 2.32. The van der Waals surface area contributed by atoms with Crippen molar-refractivity contribution in [2.24, 2.45) is 0 Å². The molecule has 50 heavy (non-hydrogen) atoms. The highest BCUT2D eigenvalue weighted by atomic mass is 16.1. The van der Waals surface area contributed by atoms with Gasteiger partial charge in [-0.2, -0.15) is 0 Å². The Labute approximate surface area is 291 Å². The SMILES string of the molecule is O=C(c1cc(-c2ccc(-c3ccccc3)cc2)cc(-c2ccc(-c3ccccc3)cc2)c1)c1nc(-c2ccccc2)nc(-c2ccccc2)n1. The van der Waals surface area contributed by atoms with Crippen LogP contribution in [0, 0.1) is 0 Å². The third-order valence-corrected chi connectivity index (χ3v) is 8.75. The van der Waals surface area contributed by atoms with E-state index < -0.39 is 0 Å². The molecule has 0 aliphatic heterocycles. The van der Waals surface area contributed by atoms with E-state index in [1.54, 1.807) is 0 Å². The van der Waals surface area contributed by atoms with Gasteiger partial charge in [-0.05, 0) is 62.7 Å². The number of benzene rings is 7. The monoisotopic (exact) mass is 641 g/mol. The minimum absolute atomic E-state index is 0.0969. The second-order valence-electron chi connectivity index (χ2n) is 12.1. The summed E-state index contributed by atoms with van der Waals surface area (Å²) in [6.45, 7) is 0. The van der Waals surface area contributed by atoms with Crippen LogP contribution in [0.3, 0.4) is 0 Å². The number of rotatable bonds is 8. The Morgan fingerprint density at radius 1 is 0.300 bits per heavy atom. The van der Waals surface area contributed by atoms with Crippen LogP contribution in [0.25, 0.3) is 67.3 Å². The van der Waals surface area contributed by atoms with Crippen LogP contribution in [0.5, 0.6) is 0 Å². The Balaban J connectivity index is 1.24. The maximum absolute atomic E-state index is 14.5. The predicted octanol–water partition coefficient (Wildman–Crippen LogP) is 11.1. The van der Waals surface area contributed by atoms with Crippen LogP contribution in [0.1, 0.15) is 16.2 Å². The fourth-order valence-electron chi connectivity index (χ4n) is 6.10. The summed E-state index contributed by atoms with van der Waals surface area (Å²) in [5.41, 5.74) is 10.6. The van der Waals surface area contributed by atoms with E-state index in [-0.39, 0.29) is 11.6 Å². The predicted molar refractivity (Wildman–Crippen MR) is 202 cm³/mol. The van der Waals surface area contributed by atoms with E-state index in [9.17, 15) is 4.79 Å². The molecule has 0 saturated carbocycles. The molecule has 0 N–H and O–H groups in total. The highest BCUT2D eigenvalue weighted by Gasteiger charge is 2.20. The lowest BCUT2D eigenvalue weighted by atomic mass is 9.93. The first-order chi connectivity index (χ1) is 24.7. The quantitative estimate of drug-likeness (QED) is 0.155. The van der Waals surface area contributed by atoms with Gasteiger partial charge in [0, 0.05) is 16.7 Å². The van der Waals surface area contributed by atoms with Crippen LogP contribution in [0.15, 0.2) is 188 Å². The van der Waals surface area contributed by atoms with E-state index in [1.165, 1.54) is 0 Å². The second kappa shape index (κ2) is 13.8. The number of ketones is 1. The Bertz CT molecular complexity index is 2230. The minimum atomic E-state index is -0.272. The van der Waals surface area contributed by atoms with Gasteiger partial charge in [0.15, 0.2) is 11.6 Å². The summed E-state index contributed by atoms with van der Waals surface area (Å²) in [7, 11) is 0. The van der Waals surface area contributed by atoms with E-state index in [0.717, 1.165) is 55.6 Å². The molecule has 0 bridgehead atoms. The molecular formula is C46H31N3O. The standard InChI is InChI=1S/C46H31N3O/c50-43(46-48-44(38-17-9-3-10-18-38)47-45(49-46)39-19-11-4-12-20-39)42-30-40(36-25-21-34(22-26-36)32-13-5-1-6-14-32)29-41(31-42)37-27-23-35(24-28-37)33-15-7-2-8-16-33/h1-31H. The molecule has 0 atom stereocenters. The molecule has 0 radical (unpaired) electrons. The molecule has 1 aromatic heterocycles. The van der Waals surface area contributed by atoms with Gasteiger partial charge in [0.25, 0.3) is 0 Å². The summed E-state index contributed by atoms with van der Waals surface area (Å²) >= 11 is 0. The number of nitrogens with zero attached hydrogens (tertiary/aromatic N) is 3. The molecule has 0 spiro atoms. The van der Waals surface area contributed by atoms with Crippen molar-refractivity contribution in [2.75, 3.05) is 0 Å². The first-order valence-electron chi connectivity index (χ1n) is 16.6. The third kappa shape index (κ3) is 6.51. The fourth-order valence-corrected chi connectivity index (χ4v) is 6.10. The fraction of sp³-hybridized carbons (Fsp3) is 0. The zero-order valence-electron chi connectivity index (χ0n) is 27.1. The molecule has 236 valence electrons. The van der Waals surface area contributed by atoms with Crippen LogP contribution >= 0.6 is 0 Å². The Kier molecular flexibility index (Phi) is 8.40. The van der Waals surface area contributed by atoms with Crippen molar-refractivity contribution < 1.29 is 4.79 Å². The van der Waals surface area contributed by atoms with E-state index in [2.05, 4.69) is 78.9 Å². The van der Waals surface area contributed by atoms with Gasteiger partial charge in [0.1, 0.15) is 0 Å². The van der Waals surface area contributed by atoms with Crippen molar-refractivity contribution in [3.05, 3.63) is 199 Å². The lowest BCUT2D eigenvalue weighted by Gasteiger charge is -2.12. The zero-order chi connectivity index (χ0) is 33.7. The first-order valence-corrected chi connectivity index (χ1v) is 16.6. The van der Waals surface area contributed by atoms with Gasteiger partial charge in [-0.15, -0.1) is 0 Å². The summed E-state index contributed by atoms with van der Waals surface area (Å²) in [6.07, 6.45) is 0. The molecule has 7 aromatic carbocycles. The summed E-state index contributed by atoms with van der Waals surface area (Å²) in [5.74, 6) is 0.727. The van der Waals surface area contributed by atoms with Crippen LogP contribution in [0.2, 0.25) is 0 Å². The highest BCUT2D eigenvalue weighted by molar-refractivity contribution is 6.08. The molecule has 8 rings (SSSR count). The molecule has 0 unspecified atom stereocenters. The Hall–Kier alpha value is -6.78. The number of hydrogen-bond donors (Lipinski definition) is 0. The van der Waals surface area contributed by atoms with Crippen LogP contribution in [-0.2, 0) is 0 Å². The van der Waals surface area contributed by atoms with E-state index in [1.807, 2.05) is 109 Å². The van der Waals surface area contributed by atoms with Crippen molar-refractivity contribution in [1.82, 2.24) is 15.0 Å². The summed E-state index contributed by atoms with van der Waals surface area (Å²) in [6, 6.07) is 63.0. The number of carbonyl (C=O) groups is 1. The van der Waals surface area contributed by atoms with Gasteiger partial charge in [0.2, 0.25) is 11.6 Å². The lowest BCUT2D eigenvalue weighted by molar-refractivity contribution is 0.102. The van der Waals surface area contributed by atoms with Gasteiger partial charge >= 0.3 is 0 Å². The van der Waals surface area contributed by atoms with Crippen molar-refractivity contribution >= 4 is 5.78 Å². The second-order valence-corrected chi connectivity index (χ2v) is 12.1. The van der Waals surface area contributed by atoms with Crippen molar-refractivity contribution in [2.45, 2.75) is 0 Å². The molecular weight excluding hydrogens is 611 g/mol. The zero-order valence-corrected chi connectivity index (χ0v) is 27.1. The summed E-state index contributed by atoms with van der Waals surface area (Å²) in [4.78, 5) is 28.7. The molecule has 1 heterocycles. The largest absolute Gasteiger partial charge is 0.285 e. The van der Waals surface area contributed by atoms with Gasteiger partial charge in [-0.25, -0.2) is 15.0 Å². The average molecular weight is 642 g/mol. The molecule has 0 fully saturated rings. The molecule has 0 aliphatic carbocycles. The lowest BCUT2D eigenvalue weighted by Crippen LogP contribution is -2.11. The van der Waals surface area contributed by atoms with Crippen molar-refractivity contribution in [1.29, 1.82) is 0 Å². The third-order valence-electron chi connectivity index (χ3n) is 8.75. The smallest absolute Gasteiger partial charge is 0.230 e. The topological polar surface area (TPSA) is 55.7 Å². The molecule has 0 saturated heterocycles. The number of aromatic nitrogens is 3. The Morgan fingerprint density at radius 3 is 0.960 bits per heavy atom. The molecule has 8 aromatic rings. The van der Waals surface area contributed by atoms with E-state index in [0.29, 0.717) is 17.2 Å². The van der Waals surface area contributed by atoms with Crippen LogP contribution in [0.4, 0.5) is 0 Å². The van der Waals surface area contributed by atoms with E-state index >= 15 is 0 Å². The molecule has 4 nitrogen and oxygen atoms in total. The van der Waals surface area contributed by atoms with Gasteiger partial charge < -0.3 is 0 Å². The van der Waals surface area contributed by atoms with Crippen LogP contribution < -0.4 is 0 Å². The van der Waals surface area contributed by atoms with Crippen molar-refractivity contribution in [3.8, 4) is 67.3 Å². The van der Waals surface area contributed by atoms with E-state index in [4.69, 9.17) is 15.0 Å². The first kappa shape index (κ1) is 30.5. The molecule has 4 heteroatoms. The van der Waals surface area contributed by atoms with Gasteiger partial charge in [0.05, 0.1) is 0 Å². The van der Waals surface area contributed by atoms with Gasteiger partial charge in [-0.3, -0.25) is 4.79 Å². The molecule has 0 amide bonds. The van der Waals surface area contributed by atoms with Crippen molar-refractivity contribution in [3.63, 3.8) is 0 Å². The number of carbonyl (C=O) groups excluding carboxylic acids is 1. The minimum Gasteiger partial charge on any atom is -0.285 e. The summed E-state index contributed by atoms with van der Waals surface area (Å²) < 4.78 is 0.